The standard InChI is InChI=1S/C25H22ClN3O4S/c26-18-8-9-21-17(11-18)13-22(29-21)24(30)28-19-12-16-5-4-10-27-23(16)25(31,14-19)15-34(32,33)20-6-2-1-3-7-20/h1-11,13,19,29,31H,12,14-15H2,(H,28,30)/t19?,25-/m0/s1. The molecule has 2 aromatic heterocycles. The van der Waals surface area contributed by atoms with Gasteiger partial charge in [-0.3, -0.25) is 9.78 Å². The van der Waals surface area contributed by atoms with E-state index >= 15 is 0 Å². The van der Waals surface area contributed by atoms with Crippen LogP contribution in [0.5, 0.6) is 0 Å². The van der Waals surface area contributed by atoms with Gasteiger partial charge in [-0.25, -0.2) is 8.42 Å². The second kappa shape index (κ2) is 8.54. The number of hydrogen-bond donors (Lipinski definition) is 3. The summed E-state index contributed by atoms with van der Waals surface area (Å²) in [5, 5.41) is 15.9. The van der Waals surface area contributed by atoms with E-state index < -0.39 is 27.2 Å². The molecule has 0 radical (unpaired) electrons. The molecule has 1 aliphatic rings. The number of halogens is 1. The summed E-state index contributed by atoms with van der Waals surface area (Å²) < 4.78 is 26.2. The molecule has 2 atom stereocenters. The molecule has 7 nitrogen and oxygen atoms in total. The van der Waals surface area contributed by atoms with Crippen molar-refractivity contribution >= 4 is 38.2 Å². The van der Waals surface area contributed by atoms with Crippen molar-refractivity contribution in [2.75, 3.05) is 5.75 Å². The van der Waals surface area contributed by atoms with E-state index in [0.717, 1.165) is 10.9 Å². The number of aromatic amines is 1. The highest BCUT2D eigenvalue weighted by Crippen LogP contribution is 2.36. The summed E-state index contributed by atoms with van der Waals surface area (Å²) in [4.78, 5) is 20.5. The van der Waals surface area contributed by atoms with Crippen molar-refractivity contribution in [2.24, 2.45) is 0 Å². The summed E-state index contributed by atoms with van der Waals surface area (Å²) in [6, 6.07) is 18.1. The van der Waals surface area contributed by atoms with Gasteiger partial charge in [-0.15, -0.1) is 0 Å². The summed E-state index contributed by atoms with van der Waals surface area (Å²) >= 11 is 6.04. The summed E-state index contributed by atoms with van der Waals surface area (Å²) in [6.45, 7) is 0. The van der Waals surface area contributed by atoms with Crippen molar-refractivity contribution in [3.63, 3.8) is 0 Å². The maximum Gasteiger partial charge on any atom is 0.267 e. The lowest BCUT2D eigenvalue weighted by Crippen LogP contribution is -2.49. The first kappa shape index (κ1) is 22.6. The van der Waals surface area contributed by atoms with Crippen LogP contribution in [0.4, 0.5) is 0 Å². The topological polar surface area (TPSA) is 112 Å². The molecule has 1 unspecified atom stereocenters. The minimum absolute atomic E-state index is 0.0148. The molecule has 0 fully saturated rings. The average molecular weight is 496 g/mol. The fourth-order valence-corrected chi connectivity index (χ4v) is 6.41. The van der Waals surface area contributed by atoms with Gasteiger partial charge in [0.05, 0.1) is 16.3 Å². The average Bonchev–Trinajstić information content (AvgIpc) is 3.23. The molecule has 0 bridgehead atoms. The van der Waals surface area contributed by atoms with Crippen molar-refractivity contribution in [1.29, 1.82) is 0 Å². The van der Waals surface area contributed by atoms with Gasteiger partial charge in [-0.1, -0.05) is 35.9 Å². The zero-order valence-corrected chi connectivity index (χ0v) is 19.6. The van der Waals surface area contributed by atoms with Crippen LogP contribution >= 0.6 is 11.6 Å². The summed E-state index contributed by atoms with van der Waals surface area (Å²) in [5.41, 5.74) is 0.413. The molecule has 34 heavy (non-hydrogen) atoms. The molecule has 3 N–H and O–H groups in total. The van der Waals surface area contributed by atoms with Crippen LogP contribution in [-0.2, 0) is 21.9 Å². The Kier molecular flexibility index (Phi) is 5.67. The van der Waals surface area contributed by atoms with Gasteiger partial charge in [0.25, 0.3) is 5.91 Å². The number of H-pyrrole nitrogens is 1. The van der Waals surface area contributed by atoms with Gasteiger partial charge >= 0.3 is 0 Å². The molecule has 4 aromatic rings. The van der Waals surface area contributed by atoms with Gasteiger partial charge in [0.15, 0.2) is 9.84 Å². The highest BCUT2D eigenvalue weighted by Gasteiger charge is 2.44. The number of aliphatic hydroxyl groups is 1. The first-order valence-electron chi connectivity index (χ1n) is 10.8. The Morgan fingerprint density at radius 2 is 1.94 bits per heavy atom. The van der Waals surface area contributed by atoms with Gasteiger partial charge < -0.3 is 15.4 Å². The van der Waals surface area contributed by atoms with Crippen molar-refractivity contribution < 1.29 is 18.3 Å². The molecule has 174 valence electrons. The van der Waals surface area contributed by atoms with Crippen molar-refractivity contribution in [3.8, 4) is 0 Å². The molecule has 5 rings (SSSR count). The maximum absolute atomic E-state index is 13.1. The van der Waals surface area contributed by atoms with Crippen LogP contribution in [0, 0.1) is 0 Å². The number of fused-ring (bicyclic) bond motifs is 2. The molecular weight excluding hydrogens is 474 g/mol. The van der Waals surface area contributed by atoms with E-state index in [9.17, 15) is 18.3 Å². The zero-order chi connectivity index (χ0) is 23.9. The molecule has 1 amide bonds. The van der Waals surface area contributed by atoms with E-state index in [1.54, 1.807) is 54.6 Å². The number of pyridine rings is 1. The normalized spacial score (nSPS) is 20.1. The number of aromatic nitrogens is 2. The number of hydrogen-bond acceptors (Lipinski definition) is 5. The van der Waals surface area contributed by atoms with E-state index in [0.29, 0.717) is 28.4 Å². The molecule has 9 heteroatoms. The Morgan fingerprint density at radius 3 is 2.74 bits per heavy atom. The Bertz CT molecular complexity index is 1490. The Morgan fingerprint density at radius 1 is 1.15 bits per heavy atom. The number of carbonyl (C=O) groups is 1. The summed E-state index contributed by atoms with van der Waals surface area (Å²) in [7, 11) is -3.81. The minimum Gasteiger partial charge on any atom is -0.382 e. The van der Waals surface area contributed by atoms with Crippen LogP contribution in [0.25, 0.3) is 10.9 Å². The lowest BCUT2D eigenvalue weighted by atomic mass is 9.81. The molecule has 0 saturated heterocycles. The van der Waals surface area contributed by atoms with E-state index in [2.05, 4.69) is 15.3 Å². The number of benzene rings is 2. The summed E-state index contributed by atoms with van der Waals surface area (Å²) in [5.74, 6) is -0.886. The van der Waals surface area contributed by atoms with E-state index in [-0.39, 0.29) is 17.2 Å². The van der Waals surface area contributed by atoms with Crippen molar-refractivity contribution in [3.05, 3.63) is 94.9 Å². The van der Waals surface area contributed by atoms with Crippen molar-refractivity contribution in [2.45, 2.75) is 29.4 Å². The zero-order valence-electron chi connectivity index (χ0n) is 18.0. The predicted molar refractivity (Wildman–Crippen MR) is 130 cm³/mol. The fourth-order valence-electron chi connectivity index (χ4n) is 4.61. The van der Waals surface area contributed by atoms with Crippen LogP contribution in [-0.4, -0.2) is 41.2 Å². The van der Waals surface area contributed by atoms with Gasteiger partial charge in [-0.05, 0) is 54.4 Å². The molecule has 2 aromatic carbocycles. The molecule has 1 aliphatic carbocycles. The monoisotopic (exact) mass is 495 g/mol. The number of amides is 1. The maximum atomic E-state index is 13.1. The summed E-state index contributed by atoms with van der Waals surface area (Å²) in [6.07, 6.45) is 1.98. The molecular formula is C25H22ClN3O4S. The van der Waals surface area contributed by atoms with E-state index in [1.165, 1.54) is 18.3 Å². The van der Waals surface area contributed by atoms with Crippen LogP contribution in [0.15, 0.2) is 77.8 Å². The van der Waals surface area contributed by atoms with Gasteiger partial charge in [-0.2, -0.15) is 0 Å². The first-order chi connectivity index (χ1) is 16.2. The lowest BCUT2D eigenvalue weighted by Gasteiger charge is -2.37. The molecule has 0 saturated carbocycles. The second-order valence-corrected chi connectivity index (χ2v) is 11.0. The minimum atomic E-state index is -3.81. The van der Waals surface area contributed by atoms with Gasteiger partial charge in [0.1, 0.15) is 11.3 Å². The number of rotatable bonds is 5. The number of nitrogens with zero attached hydrogens (tertiary/aromatic N) is 1. The Hall–Kier alpha value is -3.20. The highest BCUT2D eigenvalue weighted by atomic mass is 35.5. The Balaban J connectivity index is 1.43. The Labute approximate surface area is 201 Å². The number of nitrogens with one attached hydrogen (secondary N) is 2. The SMILES string of the molecule is O=C(NC1Cc2cccnc2[C@@](O)(CS(=O)(=O)c2ccccc2)C1)c1cc2cc(Cl)ccc2[nH]1. The van der Waals surface area contributed by atoms with E-state index in [1.807, 2.05) is 0 Å². The molecule has 2 heterocycles. The lowest BCUT2D eigenvalue weighted by molar-refractivity contribution is 0.0266. The molecule has 0 spiro atoms. The van der Waals surface area contributed by atoms with E-state index in [4.69, 9.17) is 11.6 Å². The van der Waals surface area contributed by atoms with Gasteiger partial charge in [0, 0.05) is 34.6 Å². The predicted octanol–water partition coefficient (Wildman–Crippen LogP) is 3.62. The third-order valence-electron chi connectivity index (χ3n) is 6.08. The highest BCUT2D eigenvalue weighted by molar-refractivity contribution is 7.91. The number of sulfone groups is 1. The third-order valence-corrected chi connectivity index (χ3v) is 8.16. The number of carbonyl (C=O) groups excluding carboxylic acids is 1. The van der Waals surface area contributed by atoms with Gasteiger partial charge in [0.2, 0.25) is 0 Å². The smallest absolute Gasteiger partial charge is 0.267 e. The van der Waals surface area contributed by atoms with Crippen LogP contribution in [0.1, 0.15) is 28.2 Å². The molecule has 0 aliphatic heterocycles. The van der Waals surface area contributed by atoms with Crippen molar-refractivity contribution in [1.82, 2.24) is 15.3 Å². The second-order valence-electron chi connectivity index (χ2n) is 8.61. The van der Waals surface area contributed by atoms with Crippen LogP contribution < -0.4 is 5.32 Å². The fraction of sp³-hybridized carbons (Fsp3) is 0.200. The first-order valence-corrected chi connectivity index (χ1v) is 12.8. The largest absolute Gasteiger partial charge is 0.382 e. The van der Waals surface area contributed by atoms with Crippen LogP contribution in [0.3, 0.4) is 0 Å². The quantitative estimate of drug-likeness (QED) is 0.391. The van der Waals surface area contributed by atoms with Crippen LogP contribution in [0.2, 0.25) is 5.02 Å². The third kappa shape index (κ3) is 4.32.